The molecule has 1 atom stereocenters. The van der Waals surface area contributed by atoms with Crippen molar-refractivity contribution in [3.05, 3.63) is 12.3 Å². The molecule has 0 bridgehead atoms. The lowest BCUT2D eigenvalue weighted by atomic mass is 10.2. The molecule has 0 heterocycles. The maximum Gasteiger partial charge on any atom is 0.246 e. The molecule has 1 unspecified atom stereocenters. The molecular weight excluding hydrogens is 272 g/mol. The molecule has 0 aliphatic heterocycles. The van der Waals surface area contributed by atoms with Crippen LogP contribution in [0.3, 0.4) is 0 Å². The minimum Gasteiger partial charge on any atom is -0.376 e. The third-order valence-corrected chi connectivity index (χ3v) is 3.06. The van der Waals surface area contributed by atoms with Crippen LogP contribution in [-0.4, -0.2) is 79.7 Å². The molecule has 7 nitrogen and oxygen atoms in total. The van der Waals surface area contributed by atoms with Gasteiger partial charge in [0.1, 0.15) is 6.04 Å². The van der Waals surface area contributed by atoms with Gasteiger partial charge in [-0.2, -0.15) is 0 Å². The van der Waals surface area contributed by atoms with Crippen LogP contribution in [0.5, 0.6) is 0 Å². The van der Waals surface area contributed by atoms with Crippen molar-refractivity contribution in [2.24, 2.45) is 0 Å². The monoisotopic (exact) mass is 298 g/mol. The van der Waals surface area contributed by atoms with E-state index in [-0.39, 0.29) is 18.4 Å². The minimum atomic E-state index is -0.553. The van der Waals surface area contributed by atoms with Crippen LogP contribution in [0.1, 0.15) is 13.8 Å². The SMILES string of the molecule is C=C(C)NC(CN(C)C(C)=O)C(=O)N(C)CCN(C)C=O. The number of likely N-dealkylation sites (N-methyl/N-ethyl adjacent to an activating group) is 3. The Hall–Kier alpha value is -2.05. The number of carbonyl (C=O) groups excluding carboxylic acids is 3. The topological polar surface area (TPSA) is 73.0 Å². The van der Waals surface area contributed by atoms with E-state index in [0.29, 0.717) is 25.2 Å². The lowest BCUT2D eigenvalue weighted by Gasteiger charge is -2.29. The van der Waals surface area contributed by atoms with E-state index >= 15 is 0 Å². The summed E-state index contributed by atoms with van der Waals surface area (Å²) in [6.45, 7) is 8.08. The fraction of sp³-hybridized carbons (Fsp3) is 0.643. The van der Waals surface area contributed by atoms with E-state index in [0.717, 1.165) is 0 Å². The molecule has 0 spiro atoms. The van der Waals surface area contributed by atoms with E-state index in [1.54, 1.807) is 28.1 Å². The first-order chi connectivity index (χ1) is 9.68. The second kappa shape index (κ2) is 8.99. The number of hydrogen-bond donors (Lipinski definition) is 1. The standard InChI is InChI=1S/C14H26N4O3/c1-11(2)15-13(9-18(6)12(3)20)14(21)17(5)8-7-16(4)10-19/h10,13,15H,1,7-9H2,2-6H3. The molecule has 0 fully saturated rings. The Morgan fingerprint density at radius 1 is 1.14 bits per heavy atom. The zero-order valence-corrected chi connectivity index (χ0v) is 13.5. The van der Waals surface area contributed by atoms with Crippen molar-refractivity contribution in [3.63, 3.8) is 0 Å². The molecule has 3 amide bonds. The van der Waals surface area contributed by atoms with E-state index in [2.05, 4.69) is 11.9 Å². The Morgan fingerprint density at radius 2 is 1.71 bits per heavy atom. The third kappa shape index (κ3) is 7.34. The predicted molar refractivity (Wildman–Crippen MR) is 81.4 cm³/mol. The van der Waals surface area contributed by atoms with Crippen LogP contribution in [0, 0.1) is 0 Å². The summed E-state index contributed by atoms with van der Waals surface area (Å²) in [7, 11) is 4.96. The molecule has 1 N–H and O–H groups in total. The molecule has 0 saturated heterocycles. The molecule has 0 aromatic carbocycles. The summed E-state index contributed by atoms with van der Waals surface area (Å²) in [6.07, 6.45) is 0.714. The van der Waals surface area contributed by atoms with Gasteiger partial charge < -0.3 is 20.0 Å². The van der Waals surface area contributed by atoms with Gasteiger partial charge in [0, 0.05) is 53.4 Å². The number of allylic oxidation sites excluding steroid dienone is 1. The summed E-state index contributed by atoms with van der Waals surface area (Å²) in [4.78, 5) is 38.8. The summed E-state index contributed by atoms with van der Waals surface area (Å²) in [5.74, 6) is -0.259. The Morgan fingerprint density at radius 3 is 2.14 bits per heavy atom. The van der Waals surface area contributed by atoms with Gasteiger partial charge in [0.25, 0.3) is 0 Å². The van der Waals surface area contributed by atoms with Gasteiger partial charge in [0.2, 0.25) is 18.2 Å². The second-order valence-electron chi connectivity index (χ2n) is 5.22. The maximum absolute atomic E-state index is 12.4. The van der Waals surface area contributed by atoms with E-state index in [1.165, 1.54) is 21.6 Å². The average Bonchev–Trinajstić information content (AvgIpc) is 2.41. The van der Waals surface area contributed by atoms with Crippen LogP contribution in [0.25, 0.3) is 0 Å². The van der Waals surface area contributed by atoms with Crippen molar-refractivity contribution in [3.8, 4) is 0 Å². The first-order valence-corrected chi connectivity index (χ1v) is 6.73. The minimum absolute atomic E-state index is 0.111. The highest BCUT2D eigenvalue weighted by atomic mass is 16.2. The molecule has 21 heavy (non-hydrogen) atoms. The number of rotatable bonds is 9. The highest BCUT2D eigenvalue weighted by molar-refractivity contribution is 5.83. The molecule has 7 heteroatoms. The Labute approximate surface area is 126 Å². The van der Waals surface area contributed by atoms with Gasteiger partial charge in [-0.3, -0.25) is 14.4 Å². The quantitative estimate of drug-likeness (QED) is 0.583. The van der Waals surface area contributed by atoms with Crippen LogP contribution in [0.15, 0.2) is 12.3 Å². The molecule has 0 rings (SSSR count). The zero-order chi connectivity index (χ0) is 16.6. The number of nitrogens with zero attached hydrogens (tertiary/aromatic N) is 3. The van der Waals surface area contributed by atoms with E-state index < -0.39 is 6.04 Å². The van der Waals surface area contributed by atoms with Crippen LogP contribution in [-0.2, 0) is 14.4 Å². The maximum atomic E-state index is 12.4. The number of hydrogen-bond acceptors (Lipinski definition) is 4. The smallest absolute Gasteiger partial charge is 0.246 e. The van der Waals surface area contributed by atoms with E-state index in [1.807, 2.05) is 0 Å². The fourth-order valence-electron chi connectivity index (χ4n) is 1.62. The molecule has 0 aromatic rings. The highest BCUT2D eigenvalue weighted by Crippen LogP contribution is 1.99. The summed E-state index contributed by atoms with van der Waals surface area (Å²) in [5.41, 5.74) is 0.656. The summed E-state index contributed by atoms with van der Waals surface area (Å²) in [6, 6.07) is -0.553. The van der Waals surface area contributed by atoms with Gasteiger partial charge in [-0.25, -0.2) is 0 Å². The van der Waals surface area contributed by atoms with Crippen LogP contribution in [0.4, 0.5) is 0 Å². The number of nitrogens with one attached hydrogen (secondary N) is 1. The van der Waals surface area contributed by atoms with Crippen molar-refractivity contribution in [2.75, 3.05) is 40.8 Å². The Balaban J connectivity index is 4.73. The summed E-state index contributed by atoms with van der Waals surface area (Å²) < 4.78 is 0. The van der Waals surface area contributed by atoms with Gasteiger partial charge in [0.15, 0.2) is 0 Å². The highest BCUT2D eigenvalue weighted by Gasteiger charge is 2.24. The molecule has 0 aromatic heterocycles. The zero-order valence-electron chi connectivity index (χ0n) is 13.5. The van der Waals surface area contributed by atoms with Gasteiger partial charge >= 0.3 is 0 Å². The molecule has 120 valence electrons. The normalized spacial score (nSPS) is 11.3. The van der Waals surface area contributed by atoms with Crippen molar-refractivity contribution in [1.82, 2.24) is 20.0 Å². The Kier molecular flexibility index (Phi) is 8.11. The van der Waals surface area contributed by atoms with Gasteiger partial charge in [-0.15, -0.1) is 0 Å². The van der Waals surface area contributed by atoms with Crippen molar-refractivity contribution in [2.45, 2.75) is 19.9 Å². The second-order valence-corrected chi connectivity index (χ2v) is 5.22. The Bertz CT molecular complexity index is 398. The first kappa shape index (κ1) is 18.9. The number of amides is 3. The lowest BCUT2D eigenvalue weighted by molar-refractivity contribution is -0.134. The van der Waals surface area contributed by atoms with E-state index in [9.17, 15) is 14.4 Å². The first-order valence-electron chi connectivity index (χ1n) is 6.73. The van der Waals surface area contributed by atoms with Crippen LogP contribution < -0.4 is 5.32 Å². The van der Waals surface area contributed by atoms with Crippen molar-refractivity contribution in [1.29, 1.82) is 0 Å². The average molecular weight is 298 g/mol. The fourth-order valence-corrected chi connectivity index (χ4v) is 1.62. The molecular formula is C14H26N4O3. The van der Waals surface area contributed by atoms with Crippen LogP contribution >= 0.6 is 0 Å². The predicted octanol–water partition coefficient (Wildman–Crippen LogP) is -0.497. The number of carbonyl (C=O) groups is 3. The van der Waals surface area contributed by atoms with Crippen molar-refractivity contribution < 1.29 is 14.4 Å². The summed E-state index contributed by atoms with van der Waals surface area (Å²) in [5, 5.41) is 2.99. The lowest BCUT2D eigenvalue weighted by Crippen LogP contribution is -2.51. The van der Waals surface area contributed by atoms with E-state index in [4.69, 9.17) is 0 Å². The molecule has 0 aliphatic rings. The van der Waals surface area contributed by atoms with Crippen LogP contribution in [0.2, 0.25) is 0 Å². The molecule has 0 radical (unpaired) electrons. The van der Waals surface area contributed by atoms with Gasteiger partial charge in [0.05, 0.1) is 0 Å². The van der Waals surface area contributed by atoms with Gasteiger partial charge in [-0.05, 0) is 6.92 Å². The van der Waals surface area contributed by atoms with Crippen molar-refractivity contribution >= 4 is 18.2 Å². The molecule has 0 saturated carbocycles. The molecule has 0 aliphatic carbocycles. The summed E-state index contributed by atoms with van der Waals surface area (Å²) >= 11 is 0. The largest absolute Gasteiger partial charge is 0.376 e. The van der Waals surface area contributed by atoms with Gasteiger partial charge in [-0.1, -0.05) is 6.58 Å². The third-order valence-electron chi connectivity index (χ3n) is 3.06.